The van der Waals surface area contributed by atoms with Crippen LogP contribution in [0, 0.1) is 17.8 Å². The van der Waals surface area contributed by atoms with Gasteiger partial charge < -0.3 is 92.0 Å². The number of methoxy groups -OCH3 is 3. The van der Waals surface area contributed by atoms with E-state index in [1.54, 1.807) is 41.5 Å². The fourth-order valence-corrected chi connectivity index (χ4v) is 10.8. The molecule has 622 valence electrons. The summed E-state index contributed by atoms with van der Waals surface area (Å²) in [4.78, 5) is 166. The Kier molecular flexibility index (Phi) is 58.7. The fraction of sp³-hybridized carbons (Fsp3) is 0.803. The van der Waals surface area contributed by atoms with Crippen molar-refractivity contribution in [2.24, 2.45) is 29.3 Å². The van der Waals surface area contributed by atoms with Gasteiger partial charge in [0.1, 0.15) is 46.8 Å². The molecule has 5 heterocycles. The number of carboxylic acid groups (broad SMARTS) is 1. The molecule has 5 aliphatic rings. The molecular formula is C71H132ClLiN12O23. The van der Waals surface area contributed by atoms with Gasteiger partial charge in [-0.05, 0) is 215 Å². The van der Waals surface area contributed by atoms with Crippen molar-refractivity contribution in [3.05, 3.63) is 5.59 Å². The van der Waals surface area contributed by atoms with Crippen LogP contribution in [-0.4, -0.2) is 280 Å². The van der Waals surface area contributed by atoms with Gasteiger partial charge in [0.05, 0.1) is 57.2 Å². The first-order valence-corrected chi connectivity index (χ1v) is 35.7. The van der Waals surface area contributed by atoms with Crippen LogP contribution < -0.4 is 57.0 Å². The molecule has 9 atom stereocenters. The Morgan fingerprint density at radius 3 is 1.05 bits per heavy atom. The molecule has 0 aromatic carbocycles. The van der Waals surface area contributed by atoms with Gasteiger partial charge in [0.15, 0.2) is 17.3 Å². The number of likely N-dealkylation sites (tertiary alicyclic amines) is 4. The van der Waals surface area contributed by atoms with Crippen LogP contribution >= 0.6 is 12.4 Å². The zero-order valence-electron chi connectivity index (χ0n) is 68.6. The molecule has 0 aliphatic carbocycles. The number of hydrogen-bond acceptors (Lipinski definition) is 29. The van der Waals surface area contributed by atoms with Gasteiger partial charge in [-0.15, -0.1) is 12.4 Å². The summed E-state index contributed by atoms with van der Waals surface area (Å²) in [6.07, 6.45) is 9.07. The molecule has 5 aliphatic heterocycles. The normalized spacial score (nSPS) is 19.2. The minimum absolute atomic E-state index is 0. The Labute approximate surface area is 657 Å². The smallest absolute Gasteiger partial charge is 0.488 e. The number of nitrogens with two attached hydrogens (primary N) is 2. The number of carbonyl (C=O) groups excluding carboxylic acids is 13. The monoisotopic (exact) mass is 1560 g/mol. The Bertz CT molecular complexity index is 2730. The minimum Gasteiger partial charge on any atom is -0.488 e. The molecule has 0 bridgehead atoms. The summed E-state index contributed by atoms with van der Waals surface area (Å²) in [5.41, 5.74) is 5.49. The molecule has 5 rings (SSSR count). The van der Waals surface area contributed by atoms with Crippen LogP contribution in [0.25, 0.3) is 5.59 Å². The van der Waals surface area contributed by atoms with Crippen LogP contribution in [0.5, 0.6) is 0 Å². The van der Waals surface area contributed by atoms with Crippen molar-refractivity contribution in [1.29, 1.82) is 0 Å². The first-order valence-electron chi connectivity index (χ1n) is 35.7. The average molecular weight is 1560 g/mol. The molecule has 11 N–H and O–H groups in total. The average Bonchev–Trinajstić information content (AvgIpc) is 1.75. The first-order chi connectivity index (χ1) is 49.0. The summed E-state index contributed by atoms with van der Waals surface area (Å²) in [5.74, 6) is -1.39. The zero-order valence-corrected chi connectivity index (χ0v) is 69.4. The summed E-state index contributed by atoms with van der Waals surface area (Å²) in [6.45, 7) is 30.8. The van der Waals surface area contributed by atoms with E-state index in [4.69, 9.17) is 44.5 Å². The van der Waals surface area contributed by atoms with Gasteiger partial charge in [0.2, 0.25) is 11.8 Å². The molecule has 35 nitrogen and oxygen atoms in total. The minimum atomic E-state index is -1.04. The SMILES string of the molecule is CC(=O)NCC(CC(=O)C1CCCN1C)C(=O)O.CC(C)(C)OC(=O)C1CCCN1.CC=O.CN1CCCC1C(=O)OC(C)(C)C.COC(=O)C(CNC(=O)OC(C)(C)C)CC(=O)C1CCCN1C.COC(=O)C(CNC(C)=O)CC(=O)C1CCCN1C.COC(=O)C(N)CNC(=O)OC(C)(C)C.Cl.N[N-]O.[Li+]. The molecule has 5 saturated heterocycles. The van der Waals surface area contributed by atoms with Gasteiger partial charge in [-0.1, -0.05) is 0 Å². The van der Waals surface area contributed by atoms with Gasteiger partial charge in [-0.2, -0.15) is 0 Å². The second kappa shape index (κ2) is 57.5. The Morgan fingerprint density at radius 2 is 0.778 bits per heavy atom. The van der Waals surface area contributed by atoms with E-state index in [1.807, 2.05) is 90.0 Å². The van der Waals surface area contributed by atoms with Crippen molar-refractivity contribution in [1.82, 2.24) is 46.2 Å². The van der Waals surface area contributed by atoms with E-state index < -0.39 is 71.1 Å². The predicted octanol–water partition coefficient (Wildman–Crippen LogP) is 0.963. The maximum Gasteiger partial charge on any atom is 1.00 e. The number of rotatable bonds is 23. The summed E-state index contributed by atoms with van der Waals surface area (Å²) in [7, 11) is 11.5. The number of nitrogens with zero attached hydrogens (tertiary/aromatic N) is 5. The van der Waals surface area contributed by atoms with E-state index >= 15 is 0 Å². The van der Waals surface area contributed by atoms with Crippen LogP contribution in [0.4, 0.5) is 9.59 Å². The summed E-state index contributed by atoms with van der Waals surface area (Å²) >= 11 is 0. The molecule has 0 aromatic heterocycles. The largest absolute Gasteiger partial charge is 1.00 e. The van der Waals surface area contributed by atoms with Gasteiger partial charge in [0.25, 0.3) is 0 Å². The standard InChI is InChI=1S/C16H28N2O5.C13H22N2O4.C12H20N2O4.C10H19NO2.C9H18N2O4.C9H17NO2.C2H4O.ClH.Li.H3N2O/c1-16(2,3)23-15(21)17-10-11(14(20)22-5)9-13(19)12-7-6-8-18(12)4;1-9(16)14-8-10(13(18)19-3)7-12(17)11-5-4-6-15(11)2;1-8(15)13-7-9(12(17)18)6-11(16)10-4-3-5-14(10)2;1-10(2,3)13-9(12)8-6-5-7-11(8)4;1-9(2,3)15-8(13)11-5-6(10)7(12)14-4;1-9(2,3)12-8(11)7-5-4-6-10-7;1-2-3;;;1-2-3/h11-12H,6-10H2,1-5H3,(H,17,21);10-11H,4-8H2,1-3H3,(H,14,16);9-10H,3-7H2,1-2H3,(H,13,15)(H,17,18);8H,5-7H2,1-4H3;6H,5,10H2,1-4H3,(H,11,13);7,10H,4-6H2,1-3H3;2H,1H3;1H;;3H,1H2/q;;;;;;;;+1;-1. The van der Waals surface area contributed by atoms with Gasteiger partial charge in [-0.25, -0.2) is 9.59 Å². The van der Waals surface area contributed by atoms with Crippen LogP contribution in [0.3, 0.4) is 0 Å². The van der Waals surface area contributed by atoms with Gasteiger partial charge in [-0.3, -0.25) is 72.3 Å². The van der Waals surface area contributed by atoms with Crippen LogP contribution in [-0.2, 0) is 90.7 Å². The van der Waals surface area contributed by atoms with Crippen molar-refractivity contribution in [3.8, 4) is 0 Å². The number of esters is 5. The third-order valence-corrected chi connectivity index (χ3v) is 15.8. The van der Waals surface area contributed by atoms with E-state index in [0.717, 1.165) is 103 Å². The molecule has 0 aromatic rings. The van der Waals surface area contributed by atoms with Gasteiger partial charge >= 0.3 is 66.9 Å². The second-order valence-electron chi connectivity index (χ2n) is 29.9. The van der Waals surface area contributed by atoms with Crippen LogP contribution in [0.15, 0.2) is 0 Å². The quantitative estimate of drug-likeness (QED) is 0.0172. The van der Waals surface area contributed by atoms with E-state index in [9.17, 15) is 62.3 Å². The number of halogens is 1. The number of aliphatic carboxylic acids is 1. The van der Waals surface area contributed by atoms with E-state index in [2.05, 4.69) is 46.8 Å². The van der Waals surface area contributed by atoms with E-state index in [0.29, 0.717) is 0 Å². The van der Waals surface area contributed by atoms with E-state index in [-0.39, 0.29) is 159 Å². The number of hydrogen-bond donors (Lipinski definition) is 9. The molecule has 0 spiro atoms. The van der Waals surface area contributed by atoms with Gasteiger partial charge in [0, 0.05) is 59.3 Å². The van der Waals surface area contributed by atoms with Crippen LogP contribution in [0.1, 0.15) is 187 Å². The number of alkyl carbamates (subject to hydrolysis) is 2. The third-order valence-electron chi connectivity index (χ3n) is 15.8. The molecule has 108 heavy (non-hydrogen) atoms. The number of aldehydes is 1. The predicted molar refractivity (Wildman–Crippen MR) is 400 cm³/mol. The van der Waals surface area contributed by atoms with Crippen molar-refractivity contribution >= 4 is 95.9 Å². The van der Waals surface area contributed by atoms with Crippen molar-refractivity contribution in [2.75, 3.05) is 108 Å². The molecule has 4 amide bonds. The topological polar surface area (TPSA) is 483 Å². The second-order valence-corrected chi connectivity index (χ2v) is 29.9. The molecule has 37 heteroatoms. The number of ether oxygens (including phenoxy) is 7. The van der Waals surface area contributed by atoms with E-state index in [1.165, 1.54) is 42.1 Å². The number of likely N-dealkylation sites (N-methyl/N-ethyl adjacent to an activating group) is 4. The number of Topliss-reactive ketones (excluding diaryl/α,β-unsaturated/α-hetero) is 3. The maximum absolute atomic E-state index is 12.4. The Morgan fingerprint density at radius 1 is 0.491 bits per heavy atom. The molecular weight excluding hydrogens is 1430 g/mol. The molecule has 0 radical (unpaired) electrons. The van der Waals surface area contributed by atoms with Crippen molar-refractivity contribution in [3.63, 3.8) is 0 Å². The number of carbonyl (C=O) groups is 14. The number of amides is 4. The van der Waals surface area contributed by atoms with Crippen LogP contribution in [0.2, 0.25) is 0 Å². The molecule has 0 saturated carbocycles. The molecule has 5 fully saturated rings. The number of ketones is 3. The summed E-state index contributed by atoms with van der Waals surface area (Å²) < 4.78 is 34.4. The fourth-order valence-electron chi connectivity index (χ4n) is 10.8. The summed E-state index contributed by atoms with van der Waals surface area (Å²) in [6, 6.07) is -1.37. The Hall–Kier alpha value is -6.49. The number of carboxylic acids is 1. The Balaban J connectivity index is -0.000000390. The maximum atomic E-state index is 12.4. The summed E-state index contributed by atoms with van der Waals surface area (Å²) in [5, 5.41) is 29.0. The van der Waals surface area contributed by atoms with Crippen molar-refractivity contribution in [2.45, 2.75) is 246 Å². The van der Waals surface area contributed by atoms with Crippen molar-refractivity contribution < 1.29 is 129 Å². The first kappa shape index (κ1) is 110. The number of nitrogens with one attached hydrogen (secondary N) is 5. The third kappa shape index (κ3) is 53.4. The molecule has 9 unspecified atom stereocenters. The zero-order chi connectivity index (χ0) is 82.5.